The van der Waals surface area contributed by atoms with E-state index in [-0.39, 0.29) is 17.5 Å². The van der Waals surface area contributed by atoms with Crippen LogP contribution >= 0.6 is 0 Å². The molecule has 3 heterocycles. The standard InChI is InChI=1S/C29H29N5O5/c1-38-29(37)33-15-13-21(14-16-33)20-11-9-19(10-12-20)18-39-25-7-3-2-5-22(25)24-6-4-8-26(32-24)34-27(30)23(17-31-34)28(35)36/h2-12,17,21H,13-16,18,30H2,1H3,(H,35,36). The fraction of sp³-hybridized carbons (Fsp3) is 0.241. The molecular weight excluding hydrogens is 498 g/mol. The van der Waals surface area contributed by atoms with E-state index < -0.39 is 5.97 Å². The zero-order valence-corrected chi connectivity index (χ0v) is 21.5. The van der Waals surface area contributed by atoms with Crippen molar-refractivity contribution in [1.82, 2.24) is 19.7 Å². The topological polar surface area (TPSA) is 133 Å². The largest absolute Gasteiger partial charge is 0.488 e. The van der Waals surface area contributed by atoms with Crippen molar-refractivity contribution in [3.63, 3.8) is 0 Å². The van der Waals surface area contributed by atoms with Gasteiger partial charge in [0, 0.05) is 18.7 Å². The fourth-order valence-corrected chi connectivity index (χ4v) is 4.77. The van der Waals surface area contributed by atoms with Crippen LogP contribution in [0.2, 0.25) is 0 Å². The molecule has 4 aromatic rings. The molecule has 3 N–H and O–H groups in total. The summed E-state index contributed by atoms with van der Waals surface area (Å²) in [5.41, 5.74) is 9.63. The number of hydrogen-bond acceptors (Lipinski definition) is 7. The summed E-state index contributed by atoms with van der Waals surface area (Å²) in [6, 6.07) is 21.4. The van der Waals surface area contributed by atoms with Gasteiger partial charge < -0.3 is 25.2 Å². The number of nitrogens with two attached hydrogens (primary N) is 1. The first-order valence-corrected chi connectivity index (χ1v) is 12.6. The van der Waals surface area contributed by atoms with Crippen molar-refractivity contribution in [2.24, 2.45) is 0 Å². The molecule has 39 heavy (non-hydrogen) atoms. The minimum atomic E-state index is -1.15. The molecule has 1 saturated heterocycles. The van der Waals surface area contributed by atoms with Gasteiger partial charge in [-0.25, -0.2) is 14.6 Å². The summed E-state index contributed by atoms with van der Waals surface area (Å²) in [5, 5.41) is 13.4. The first-order chi connectivity index (χ1) is 18.9. The predicted molar refractivity (Wildman–Crippen MR) is 145 cm³/mol. The molecule has 10 heteroatoms. The summed E-state index contributed by atoms with van der Waals surface area (Å²) in [5.74, 6) is 0.344. The molecule has 5 rings (SSSR count). The number of amides is 1. The Balaban J connectivity index is 1.27. The van der Waals surface area contributed by atoms with Crippen LogP contribution in [0.25, 0.3) is 17.1 Å². The third-order valence-corrected chi connectivity index (χ3v) is 6.92. The Kier molecular flexibility index (Phi) is 7.44. The molecular formula is C29H29N5O5. The summed E-state index contributed by atoms with van der Waals surface area (Å²) in [6.07, 6.45) is 2.76. The van der Waals surface area contributed by atoms with Crippen LogP contribution in [0, 0.1) is 0 Å². The van der Waals surface area contributed by atoms with Gasteiger partial charge in [0.05, 0.1) is 19.0 Å². The van der Waals surface area contributed by atoms with Crippen molar-refractivity contribution in [2.75, 3.05) is 25.9 Å². The number of carboxylic acids is 1. The number of anilines is 1. The molecule has 1 aliphatic rings. The molecule has 0 bridgehead atoms. The van der Waals surface area contributed by atoms with E-state index in [0.717, 1.165) is 24.0 Å². The summed E-state index contributed by atoms with van der Waals surface area (Å²) < 4.78 is 12.3. The number of aromatic nitrogens is 3. The van der Waals surface area contributed by atoms with Crippen LogP contribution in [0.4, 0.5) is 10.6 Å². The maximum Gasteiger partial charge on any atom is 0.409 e. The highest BCUT2D eigenvalue weighted by Crippen LogP contribution is 2.31. The summed E-state index contributed by atoms with van der Waals surface area (Å²) >= 11 is 0. The number of likely N-dealkylation sites (tertiary alicyclic amines) is 1. The maximum atomic E-state index is 11.7. The number of benzene rings is 2. The number of rotatable bonds is 7. The Morgan fingerprint density at radius 3 is 2.46 bits per heavy atom. The van der Waals surface area contributed by atoms with E-state index in [1.807, 2.05) is 36.4 Å². The minimum Gasteiger partial charge on any atom is -0.488 e. The molecule has 10 nitrogen and oxygen atoms in total. The number of carboxylic acid groups (broad SMARTS) is 1. The Hall–Kier alpha value is -4.86. The van der Waals surface area contributed by atoms with Crippen molar-refractivity contribution < 1.29 is 24.2 Å². The lowest BCUT2D eigenvalue weighted by Crippen LogP contribution is -2.37. The number of nitrogens with zero attached hydrogens (tertiary/aromatic N) is 4. The summed E-state index contributed by atoms with van der Waals surface area (Å²) in [6.45, 7) is 1.77. The van der Waals surface area contributed by atoms with Crippen molar-refractivity contribution in [3.05, 3.63) is 89.6 Å². The lowest BCUT2D eigenvalue weighted by molar-refractivity contribution is 0.0698. The molecule has 2 aromatic carbocycles. The number of para-hydroxylation sites is 1. The predicted octanol–water partition coefficient (Wildman–Crippen LogP) is 4.74. The van der Waals surface area contributed by atoms with Crippen LogP contribution in [0.15, 0.2) is 72.9 Å². The summed E-state index contributed by atoms with van der Waals surface area (Å²) in [7, 11) is 1.41. The van der Waals surface area contributed by atoms with Crippen molar-refractivity contribution >= 4 is 17.9 Å². The third-order valence-electron chi connectivity index (χ3n) is 6.92. The normalized spacial score (nSPS) is 13.7. The van der Waals surface area contributed by atoms with Gasteiger partial charge in [0.1, 0.15) is 23.7 Å². The molecule has 0 spiro atoms. The van der Waals surface area contributed by atoms with Gasteiger partial charge in [0.25, 0.3) is 0 Å². The molecule has 200 valence electrons. The van der Waals surface area contributed by atoms with Crippen molar-refractivity contribution in [1.29, 1.82) is 0 Å². The quantitative estimate of drug-likeness (QED) is 0.352. The fourth-order valence-electron chi connectivity index (χ4n) is 4.77. The highest BCUT2D eigenvalue weighted by atomic mass is 16.5. The lowest BCUT2D eigenvalue weighted by atomic mass is 9.89. The van der Waals surface area contributed by atoms with Gasteiger partial charge in [-0.3, -0.25) is 0 Å². The Labute approximate surface area is 225 Å². The Morgan fingerprint density at radius 2 is 1.77 bits per heavy atom. The zero-order chi connectivity index (χ0) is 27.4. The molecule has 0 saturated carbocycles. The molecule has 1 fully saturated rings. The van der Waals surface area contributed by atoms with Gasteiger partial charge in [-0.2, -0.15) is 9.78 Å². The number of carbonyl (C=O) groups excluding carboxylic acids is 1. The van der Waals surface area contributed by atoms with Gasteiger partial charge in [0.15, 0.2) is 5.82 Å². The van der Waals surface area contributed by atoms with Gasteiger partial charge >= 0.3 is 12.1 Å². The Morgan fingerprint density at radius 1 is 1.03 bits per heavy atom. The van der Waals surface area contributed by atoms with E-state index >= 15 is 0 Å². The van der Waals surface area contributed by atoms with Crippen LogP contribution in [-0.2, 0) is 11.3 Å². The van der Waals surface area contributed by atoms with Crippen LogP contribution in [-0.4, -0.2) is 57.0 Å². The first-order valence-electron chi connectivity index (χ1n) is 12.6. The van der Waals surface area contributed by atoms with Gasteiger partial charge in [-0.1, -0.05) is 42.5 Å². The smallest absolute Gasteiger partial charge is 0.409 e. The number of piperidine rings is 1. The van der Waals surface area contributed by atoms with Crippen LogP contribution < -0.4 is 10.5 Å². The number of hydrogen-bond donors (Lipinski definition) is 2. The molecule has 0 atom stereocenters. The van der Waals surface area contributed by atoms with E-state index in [4.69, 9.17) is 15.2 Å². The molecule has 0 radical (unpaired) electrons. The van der Waals surface area contributed by atoms with Crippen molar-refractivity contribution in [2.45, 2.75) is 25.4 Å². The van der Waals surface area contributed by atoms with Crippen LogP contribution in [0.5, 0.6) is 5.75 Å². The second-order valence-electron chi connectivity index (χ2n) is 9.30. The number of ether oxygens (including phenoxy) is 2. The average Bonchev–Trinajstić information content (AvgIpc) is 3.37. The number of aromatic carboxylic acids is 1. The number of pyridine rings is 1. The SMILES string of the molecule is COC(=O)N1CCC(c2ccc(COc3ccccc3-c3cccc(-n4ncc(C(=O)O)c4N)n3)cc2)CC1. The van der Waals surface area contributed by atoms with Gasteiger partial charge in [-0.05, 0) is 54.2 Å². The van der Waals surface area contributed by atoms with E-state index in [1.165, 1.54) is 23.6 Å². The second kappa shape index (κ2) is 11.3. The summed E-state index contributed by atoms with van der Waals surface area (Å²) in [4.78, 5) is 29.5. The molecule has 2 aromatic heterocycles. The van der Waals surface area contributed by atoms with Gasteiger partial charge in [0.2, 0.25) is 0 Å². The average molecular weight is 528 g/mol. The monoisotopic (exact) mass is 527 g/mol. The highest BCUT2D eigenvalue weighted by Gasteiger charge is 2.24. The van der Waals surface area contributed by atoms with E-state index in [0.29, 0.717) is 42.9 Å². The first kappa shape index (κ1) is 25.8. The minimum absolute atomic E-state index is 0.00847. The molecule has 0 aliphatic carbocycles. The molecule has 0 unspecified atom stereocenters. The number of methoxy groups -OCH3 is 1. The third kappa shape index (κ3) is 5.54. The van der Waals surface area contributed by atoms with E-state index in [1.54, 1.807) is 11.0 Å². The second-order valence-corrected chi connectivity index (χ2v) is 9.30. The van der Waals surface area contributed by atoms with Crippen molar-refractivity contribution in [3.8, 4) is 22.8 Å². The lowest BCUT2D eigenvalue weighted by Gasteiger charge is -2.31. The Bertz CT molecular complexity index is 1480. The highest BCUT2D eigenvalue weighted by molar-refractivity contribution is 5.92. The van der Waals surface area contributed by atoms with E-state index in [2.05, 4.69) is 34.3 Å². The molecule has 1 amide bonds. The molecule has 1 aliphatic heterocycles. The van der Waals surface area contributed by atoms with Crippen LogP contribution in [0.1, 0.15) is 40.2 Å². The van der Waals surface area contributed by atoms with Crippen LogP contribution in [0.3, 0.4) is 0 Å². The maximum absolute atomic E-state index is 11.7. The zero-order valence-electron chi connectivity index (χ0n) is 21.5. The number of carbonyl (C=O) groups is 2. The van der Waals surface area contributed by atoms with E-state index in [9.17, 15) is 14.7 Å². The number of nitrogen functional groups attached to an aromatic ring is 1. The van der Waals surface area contributed by atoms with Gasteiger partial charge in [-0.15, -0.1) is 0 Å².